The molecule has 0 saturated carbocycles. The number of hydrogen-bond acceptors (Lipinski definition) is 4. The number of aromatic nitrogens is 2. The van der Waals surface area contributed by atoms with Gasteiger partial charge in [-0.25, -0.2) is 0 Å². The van der Waals surface area contributed by atoms with Crippen molar-refractivity contribution < 1.29 is 13.9 Å². The molecule has 0 radical (unpaired) electrons. The lowest BCUT2D eigenvalue weighted by Gasteiger charge is -2.08. The lowest BCUT2D eigenvalue weighted by atomic mass is 10.2. The Balaban J connectivity index is 1.43. The average molecular weight is 505 g/mol. The standard InChI is InChI=1S/C24H20Cl3N3O3/c1-14-23(15(2)30(29-14)12-16-6-7-18(26)11-21(16)27)28-24(31)22-9-8-20(33-22)13-32-19-5-3-4-17(25)10-19/h3-11H,12-13H2,1-2H3,(H,28,31). The van der Waals surface area contributed by atoms with Crippen molar-refractivity contribution in [3.63, 3.8) is 0 Å². The van der Waals surface area contributed by atoms with Crippen LogP contribution in [0.1, 0.15) is 33.3 Å². The van der Waals surface area contributed by atoms with Gasteiger partial charge in [0.25, 0.3) is 5.91 Å². The van der Waals surface area contributed by atoms with Crippen molar-refractivity contribution in [3.05, 3.63) is 98.1 Å². The van der Waals surface area contributed by atoms with Gasteiger partial charge in [-0.3, -0.25) is 9.48 Å². The number of aryl methyl sites for hydroxylation is 1. The molecule has 1 N–H and O–H groups in total. The molecule has 170 valence electrons. The molecule has 2 heterocycles. The highest BCUT2D eigenvalue weighted by Gasteiger charge is 2.18. The number of anilines is 1. The lowest BCUT2D eigenvalue weighted by molar-refractivity contribution is 0.0992. The molecular formula is C24H20Cl3N3O3. The number of furan rings is 1. The van der Waals surface area contributed by atoms with E-state index in [9.17, 15) is 4.79 Å². The van der Waals surface area contributed by atoms with Crippen LogP contribution in [0.4, 0.5) is 5.69 Å². The van der Waals surface area contributed by atoms with Gasteiger partial charge in [-0.05, 0) is 61.9 Å². The molecule has 0 bridgehead atoms. The Kier molecular flexibility index (Phi) is 6.98. The summed E-state index contributed by atoms with van der Waals surface area (Å²) in [5, 5.41) is 9.14. The van der Waals surface area contributed by atoms with Gasteiger partial charge >= 0.3 is 0 Å². The Morgan fingerprint density at radius 3 is 2.61 bits per heavy atom. The van der Waals surface area contributed by atoms with Crippen LogP contribution in [0.2, 0.25) is 15.1 Å². The minimum absolute atomic E-state index is 0.172. The van der Waals surface area contributed by atoms with E-state index in [-0.39, 0.29) is 18.3 Å². The predicted octanol–water partition coefficient (Wildman–Crippen LogP) is 6.93. The number of nitrogens with zero attached hydrogens (tertiary/aromatic N) is 2. The lowest BCUT2D eigenvalue weighted by Crippen LogP contribution is -2.12. The molecule has 0 spiro atoms. The van der Waals surface area contributed by atoms with E-state index in [1.54, 1.807) is 53.2 Å². The second-order valence-corrected chi connectivity index (χ2v) is 8.69. The zero-order chi connectivity index (χ0) is 23.5. The molecule has 0 aliphatic heterocycles. The number of carbonyl (C=O) groups excluding carboxylic acids is 1. The molecule has 2 aromatic heterocycles. The Bertz CT molecular complexity index is 1310. The summed E-state index contributed by atoms with van der Waals surface area (Å²) in [5.41, 5.74) is 2.98. The highest BCUT2D eigenvalue weighted by atomic mass is 35.5. The Morgan fingerprint density at radius 1 is 1.06 bits per heavy atom. The molecule has 6 nitrogen and oxygen atoms in total. The molecule has 4 aromatic rings. The summed E-state index contributed by atoms with van der Waals surface area (Å²) in [4.78, 5) is 12.8. The minimum atomic E-state index is -0.376. The third-order valence-electron chi connectivity index (χ3n) is 5.02. The largest absolute Gasteiger partial charge is 0.486 e. The van der Waals surface area contributed by atoms with Gasteiger partial charge in [0.05, 0.1) is 23.6 Å². The molecule has 2 aromatic carbocycles. The van der Waals surface area contributed by atoms with E-state index in [0.717, 1.165) is 11.3 Å². The first-order valence-electron chi connectivity index (χ1n) is 10.1. The van der Waals surface area contributed by atoms with Crippen molar-refractivity contribution in [1.29, 1.82) is 0 Å². The highest BCUT2D eigenvalue weighted by molar-refractivity contribution is 6.35. The van der Waals surface area contributed by atoms with Crippen molar-refractivity contribution in [2.45, 2.75) is 27.0 Å². The van der Waals surface area contributed by atoms with Crippen LogP contribution in [0.15, 0.2) is 59.0 Å². The van der Waals surface area contributed by atoms with Crippen LogP contribution in [0.3, 0.4) is 0 Å². The molecular weight excluding hydrogens is 485 g/mol. The third kappa shape index (κ3) is 5.53. The number of carbonyl (C=O) groups is 1. The topological polar surface area (TPSA) is 69.3 Å². The smallest absolute Gasteiger partial charge is 0.291 e. The third-order valence-corrected chi connectivity index (χ3v) is 5.84. The van der Waals surface area contributed by atoms with Crippen LogP contribution in [0, 0.1) is 13.8 Å². The molecule has 4 rings (SSSR count). The summed E-state index contributed by atoms with van der Waals surface area (Å²) < 4.78 is 13.1. The Labute approximate surface area is 206 Å². The summed E-state index contributed by atoms with van der Waals surface area (Å²) in [6.07, 6.45) is 0. The Hall–Kier alpha value is -2.93. The number of hydrogen-bond donors (Lipinski definition) is 1. The second-order valence-electron chi connectivity index (χ2n) is 7.41. The zero-order valence-corrected chi connectivity index (χ0v) is 20.1. The van der Waals surface area contributed by atoms with E-state index in [2.05, 4.69) is 10.4 Å². The molecule has 0 atom stereocenters. The van der Waals surface area contributed by atoms with Gasteiger partial charge in [-0.15, -0.1) is 0 Å². The molecule has 0 fully saturated rings. The van der Waals surface area contributed by atoms with Crippen LogP contribution < -0.4 is 10.1 Å². The van der Waals surface area contributed by atoms with E-state index < -0.39 is 0 Å². The predicted molar refractivity (Wildman–Crippen MR) is 130 cm³/mol. The van der Waals surface area contributed by atoms with Crippen LogP contribution in [-0.4, -0.2) is 15.7 Å². The monoisotopic (exact) mass is 503 g/mol. The normalized spacial score (nSPS) is 10.9. The molecule has 1 amide bonds. The minimum Gasteiger partial charge on any atom is -0.486 e. The molecule has 0 aliphatic carbocycles. The van der Waals surface area contributed by atoms with E-state index in [4.69, 9.17) is 44.0 Å². The van der Waals surface area contributed by atoms with Crippen molar-refractivity contribution in [3.8, 4) is 5.75 Å². The van der Waals surface area contributed by atoms with Gasteiger partial charge in [0.2, 0.25) is 0 Å². The van der Waals surface area contributed by atoms with Crippen LogP contribution in [-0.2, 0) is 13.2 Å². The van der Waals surface area contributed by atoms with E-state index in [0.29, 0.717) is 44.5 Å². The van der Waals surface area contributed by atoms with Gasteiger partial charge in [-0.2, -0.15) is 5.10 Å². The molecule has 33 heavy (non-hydrogen) atoms. The summed E-state index contributed by atoms with van der Waals surface area (Å²) in [5.74, 6) is 0.928. The number of halogens is 3. The van der Waals surface area contributed by atoms with E-state index in [1.165, 1.54) is 0 Å². The molecule has 0 saturated heterocycles. The molecule has 0 aliphatic rings. The first kappa shape index (κ1) is 23.2. The van der Waals surface area contributed by atoms with Gasteiger partial charge in [0.15, 0.2) is 5.76 Å². The number of ether oxygens (including phenoxy) is 1. The number of amides is 1. The van der Waals surface area contributed by atoms with Crippen molar-refractivity contribution in [1.82, 2.24) is 9.78 Å². The van der Waals surface area contributed by atoms with Crippen LogP contribution in [0.5, 0.6) is 5.75 Å². The maximum absolute atomic E-state index is 12.8. The van der Waals surface area contributed by atoms with Crippen molar-refractivity contribution in [2.24, 2.45) is 0 Å². The van der Waals surface area contributed by atoms with Gasteiger partial charge in [0, 0.05) is 15.1 Å². The summed E-state index contributed by atoms with van der Waals surface area (Å²) in [6.45, 7) is 4.33. The molecule has 9 heteroatoms. The molecule has 0 unspecified atom stereocenters. The fourth-order valence-corrected chi connectivity index (χ4v) is 3.96. The zero-order valence-electron chi connectivity index (χ0n) is 17.9. The highest BCUT2D eigenvalue weighted by Crippen LogP contribution is 2.26. The SMILES string of the molecule is Cc1nn(Cc2ccc(Cl)cc2Cl)c(C)c1NC(=O)c1ccc(COc2cccc(Cl)c2)o1. The summed E-state index contributed by atoms with van der Waals surface area (Å²) in [6, 6.07) is 15.7. The fraction of sp³-hybridized carbons (Fsp3) is 0.167. The number of rotatable bonds is 7. The van der Waals surface area contributed by atoms with Gasteiger partial charge in [0.1, 0.15) is 18.1 Å². The van der Waals surface area contributed by atoms with Crippen LogP contribution in [0.25, 0.3) is 0 Å². The summed E-state index contributed by atoms with van der Waals surface area (Å²) >= 11 is 18.2. The Morgan fingerprint density at radius 2 is 1.85 bits per heavy atom. The number of benzene rings is 2. The first-order valence-corrected chi connectivity index (χ1v) is 11.2. The quantitative estimate of drug-likeness (QED) is 0.296. The van der Waals surface area contributed by atoms with Crippen molar-refractivity contribution in [2.75, 3.05) is 5.32 Å². The van der Waals surface area contributed by atoms with Gasteiger partial charge < -0.3 is 14.5 Å². The average Bonchev–Trinajstić information content (AvgIpc) is 3.35. The van der Waals surface area contributed by atoms with E-state index in [1.807, 2.05) is 19.9 Å². The maximum Gasteiger partial charge on any atom is 0.291 e. The van der Waals surface area contributed by atoms with E-state index >= 15 is 0 Å². The number of nitrogens with one attached hydrogen (secondary N) is 1. The van der Waals surface area contributed by atoms with Crippen molar-refractivity contribution >= 4 is 46.4 Å². The first-order chi connectivity index (χ1) is 15.8. The van der Waals surface area contributed by atoms with Crippen LogP contribution >= 0.6 is 34.8 Å². The fourth-order valence-electron chi connectivity index (χ4n) is 3.31. The van der Waals surface area contributed by atoms with Gasteiger partial charge in [-0.1, -0.05) is 46.9 Å². The maximum atomic E-state index is 12.8. The summed E-state index contributed by atoms with van der Waals surface area (Å²) in [7, 11) is 0. The second kappa shape index (κ2) is 9.91.